The van der Waals surface area contributed by atoms with Crippen molar-refractivity contribution in [2.45, 2.75) is 33.9 Å². The Morgan fingerprint density at radius 2 is 1.88 bits per heavy atom. The van der Waals surface area contributed by atoms with E-state index in [9.17, 15) is 9.18 Å². The lowest BCUT2D eigenvalue weighted by molar-refractivity contribution is 0.225. The van der Waals surface area contributed by atoms with E-state index in [0.717, 1.165) is 23.4 Å². The number of pyridine rings is 1. The molecular formula is C21H24FN3O. The maximum absolute atomic E-state index is 13.2. The third-order valence-electron chi connectivity index (χ3n) is 4.27. The zero-order valence-corrected chi connectivity index (χ0v) is 15.4. The van der Waals surface area contributed by atoms with Gasteiger partial charge in [-0.25, -0.2) is 9.37 Å². The Morgan fingerprint density at radius 3 is 2.58 bits per heavy atom. The molecule has 0 radical (unpaired) electrons. The predicted octanol–water partition coefficient (Wildman–Crippen LogP) is 3.80. The van der Waals surface area contributed by atoms with Crippen molar-refractivity contribution in [1.29, 1.82) is 0 Å². The molecule has 0 bridgehead atoms. The molecule has 2 aromatic heterocycles. The smallest absolute Gasteiger partial charge is 0.258 e. The van der Waals surface area contributed by atoms with Crippen molar-refractivity contribution in [1.82, 2.24) is 14.3 Å². The first-order valence-electron chi connectivity index (χ1n) is 8.87. The number of hydrogen-bond donors (Lipinski definition) is 0. The molecule has 2 heterocycles. The normalized spacial score (nSPS) is 11.6. The molecule has 0 atom stereocenters. The summed E-state index contributed by atoms with van der Waals surface area (Å²) in [6.45, 7) is 8.40. The van der Waals surface area contributed by atoms with E-state index in [-0.39, 0.29) is 11.4 Å². The summed E-state index contributed by atoms with van der Waals surface area (Å²) in [5.41, 5.74) is 3.40. The second-order valence-electron chi connectivity index (χ2n) is 7.16. The monoisotopic (exact) mass is 353 g/mol. The van der Waals surface area contributed by atoms with Crippen LogP contribution in [0, 0.1) is 18.7 Å². The van der Waals surface area contributed by atoms with Crippen molar-refractivity contribution >= 4 is 5.65 Å². The molecular weight excluding hydrogens is 329 g/mol. The minimum absolute atomic E-state index is 0.0695. The van der Waals surface area contributed by atoms with Crippen LogP contribution in [0.4, 0.5) is 4.39 Å². The lowest BCUT2D eigenvalue weighted by Crippen LogP contribution is -2.28. The van der Waals surface area contributed by atoms with Crippen molar-refractivity contribution in [2.75, 3.05) is 6.54 Å². The van der Waals surface area contributed by atoms with Gasteiger partial charge in [0.1, 0.15) is 11.5 Å². The van der Waals surface area contributed by atoms with E-state index < -0.39 is 0 Å². The van der Waals surface area contributed by atoms with Crippen LogP contribution in [0.3, 0.4) is 0 Å². The second-order valence-corrected chi connectivity index (χ2v) is 7.16. The lowest BCUT2D eigenvalue weighted by atomic mass is 10.1. The summed E-state index contributed by atoms with van der Waals surface area (Å²) in [5, 5.41) is 0. The summed E-state index contributed by atoms with van der Waals surface area (Å²) in [6, 6.07) is 12.0. The maximum Gasteiger partial charge on any atom is 0.258 e. The van der Waals surface area contributed by atoms with Crippen LogP contribution in [0.1, 0.15) is 30.7 Å². The van der Waals surface area contributed by atoms with Gasteiger partial charge in [-0.2, -0.15) is 0 Å². The van der Waals surface area contributed by atoms with Crippen LogP contribution < -0.4 is 5.56 Å². The molecule has 0 spiro atoms. The molecule has 0 N–H and O–H groups in total. The lowest BCUT2D eigenvalue weighted by Gasteiger charge is -2.24. The molecule has 136 valence electrons. The van der Waals surface area contributed by atoms with Crippen LogP contribution in [0.25, 0.3) is 5.65 Å². The summed E-state index contributed by atoms with van der Waals surface area (Å²) < 4.78 is 14.7. The van der Waals surface area contributed by atoms with Crippen molar-refractivity contribution < 1.29 is 4.39 Å². The largest absolute Gasteiger partial charge is 0.293 e. The highest BCUT2D eigenvalue weighted by Crippen LogP contribution is 2.13. The summed E-state index contributed by atoms with van der Waals surface area (Å²) in [7, 11) is 0. The molecule has 1 aromatic carbocycles. The second kappa shape index (κ2) is 7.79. The molecule has 0 aliphatic carbocycles. The van der Waals surface area contributed by atoms with Crippen molar-refractivity contribution in [2.24, 2.45) is 5.92 Å². The fourth-order valence-corrected chi connectivity index (χ4v) is 3.17. The molecule has 4 nitrogen and oxygen atoms in total. The highest BCUT2D eigenvalue weighted by atomic mass is 19.1. The van der Waals surface area contributed by atoms with Crippen LogP contribution in [0.2, 0.25) is 0 Å². The standard InChI is InChI=1S/C21H24FN3O/c1-15(2)12-24(13-17-6-8-18(22)9-7-17)14-19-11-20(26)25-10-4-5-16(3)21(25)23-19/h4-11,15H,12-14H2,1-3H3. The SMILES string of the molecule is Cc1cccn2c(=O)cc(CN(Cc3ccc(F)cc3)CC(C)C)nc12. The quantitative estimate of drug-likeness (QED) is 0.676. The number of halogens is 1. The van der Waals surface area contributed by atoms with Gasteiger partial charge in [-0.15, -0.1) is 0 Å². The summed E-state index contributed by atoms with van der Waals surface area (Å²) in [6.07, 6.45) is 1.74. The van der Waals surface area contributed by atoms with E-state index in [1.54, 1.807) is 28.8 Å². The summed E-state index contributed by atoms with van der Waals surface area (Å²) in [4.78, 5) is 19.4. The molecule has 0 aliphatic heterocycles. The number of aromatic nitrogens is 2. The predicted molar refractivity (Wildman–Crippen MR) is 102 cm³/mol. The number of rotatable bonds is 6. The zero-order valence-electron chi connectivity index (χ0n) is 15.4. The van der Waals surface area contributed by atoms with Gasteiger partial charge in [-0.05, 0) is 42.2 Å². The van der Waals surface area contributed by atoms with Gasteiger partial charge in [-0.3, -0.25) is 14.1 Å². The van der Waals surface area contributed by atoms with Crippen LogP contribution in [0.5, 0.6) is 0 Å². The van der Waals surface area contributed by atoms with Gasteiger partial charge in [0.15, 0.2) is 0 Å². The van der Waals surface area contributed by atoms with Gasteiger partial charge in [0, 0.05) is 31.9 Å². The van der Waals surface area contributed by atoms with Gasteiger partial charge < -0.3 is 0 Å². The summed E-state index contributed by atoms with van der Waals surface area (Å²) in [5.74, 6) is 0.239. The molecule has 0 unspecified atom stereocenters. The molecule has 0 saturated carbocycles. The Kier molecular flexibility index (Phi) is 5.47. The van der Waals surface area contributed by atoms with Crippen molar-refractivity contribution in [3.8, 4) is 0 Å². The molecule has 3 aromatic rings. The van der Waals surface area contributed by atoms with E-state index in [1.165, 1.54) is 12.1 Å². The van der Waals surface area contributed by atoms with Crippen molar-refractivity contribution in [3.63, 3.8) is 0 Å². The summed E-state index contributed by atoms with van der Waals surface area (Å²) >= 11 is 0. The Bertz CT molecular complexity index is 948. The molecule has 0 aliphatic rings. The topological polar surface area (TPSA) is 37.6 Å². The first-order chi connectivity index (χ1) is 12.4. The van der Waals surface area contributed by atoms with Crippen molar-refractivity contribution in [3.05, 3.63) is 81.7 Å². The highest BCUT2D eigenvalue weighted by Gasteiger charge is 2.12. The van der Waals surface area contributed by atoms with Crippen LogP contribution in [-0.4, -0.2) is 20.8 Å². The molecule has 0 amide bonds. The zero-order chi connectivity index (χ0) is 18.7. The molecule has 3 rings (SSSR count). The van der Waals surface area contributed by atoms with E-state index in [2.05, 4.69) is 18.7 Å². The van der Waals surface area contributed by atoms with Crippen LogP contribution in [-0.2, 0) is 13.1 Å². The first-order valence-corrected chi connectivity index (χ1v) is 8.87. The fraction of sp³-hybridized carbons (Fsp3) is 0.333. The molecule has 0 fully saturated rings. The van der Waals surface area contributed by atoms with E-state index >= 15 is 0 Å². The van der Waals surface area contributed by atoms with Gasteiger partial charge in [0.05, 0.1) is 5.69 Å². The van der Waals surface area contributed by atoms with Gasteiger partial charge >= 0.3 is 0 Å². The third kappa shape index (κ3) is 4.35. The third-order valence-corrected chi connectivity index (χ3v) is 4.27. The number of fused-ring (bicyclic) bond motifs is 1. The molecule has 0 saturated heterocycles. The van der Waals surface area contributed by atoms with Crippen LogP contribution >= 0.6 is 0 Å². The fourth-order valence-electron chi connectivity index (χ4n) is 3.17. The Labute approximate surface area is 152 Å². The number of aryl methyl sites for hydroxylation is 1. The maximum atomic E-state index is 13.2. The highest BCUT2D eigenvalue weighted by molar-refractivity contribution is 5.46. The van der Waals surface area contributed by atoms with Gasteiger partial charge in [0.25, 0.3) is 5.56 Å². The number of benzene rings is 1. The Balaban J connectivity index is 1.88. The Morgan fingerprint density at radius 1 is 1.15 bits per heavy atom. The minimum Gasteiger partial charge on any atom is -0.293 e. The van der Waals surface area contributed by atoms with E-state index in [1.807, 2.05) is 19.1 Å². The average molecular weight is 353 g/mol. The average Bonchev–Trinajstić information content (AvgIpc) is 2.57. The molecule has 26 heavy (non-hydrogen) atoms. The van der Waals surface area contributed by atoms with E-state index in [4.69, 9.17) is 4.98 Å². The Hall–Kier alpha value is -2.53. The van der Waals surface area contributed by atoms with Gasteiger partial charge in [-0.1, -0.05) is 32.0 Å². The van der Waals surface area contributed by atoms with Crippen LogP contribution in [0.15, 0.2) is 53.5 Å². The minimum atomic E-state index is -0.233. The molecule has 5 heteroatoms. The van der Waals surface area contributed by atoms with E-state index in [0.29, 0.717) is 24.7 Å². The number of hydrogen-bond acceptors (Lipinski definition) is 3. The number of nitrogens with zero attached hydrogens (tertiary/aromatic N) is 3. The van der Waals surface area contributed by atoms with Gasteiger partial charge in [0.2, 0.25) is 0 Å². The first kappa shape index (κ1) is 18.3.